The van der Waals surface area contributed by atoms with Gasteiger partial charge < -0.3 is 15.3 Å². The fraction of sp³-hybridized carbons (Fsp3) is 0.714. The van der Waals surface area contributed by atoms with Crippen LogP contribution >= 0.6 is 0 Å². The molecule has 0 aromatic heterocycles. The Labute approximate surface area is 82.9 Å². The maximum atomic E-state index is 11.2. The fourth-order valence-corrected chi connectivity index (χ4v) is 2.02. The monoisotopic (exact) mass is 225 g/mol. The van der Waals surface area contributed by atoms with E-state index in [9.17, 15) is 8.42 Å². The van der Waals surface area contributed by atoms with Crippen LogP contribution in [0, 0.1) is 0 Å². The minimum atomic E-state index is -3.67. The Morgan fingerprint density at radius 1 is 1.21 bits per heavy atom. The van der Waals surface area contributed by atoms with Crippen LogP contribution in [0.3, 0.4) is 0 Å². The van der Waals surface area contributed by atoms with Gasteiger partial charge in [0.1, 0.15) is 5.54 Å². The zero-order chi connectivity index (χ0) is 11.2. The SMILES string of the molecule is C=CCS(=O)(=O)NC(CO)(CO)CO. The fourth-order valence-electron chi connectivity index (χ4n) is 0.774. The van der Waals surface area contributed by atoms with Crippen molar-refractivity contribution in [3.63, 3.8) is 0 Å². The Balaban J connectivity index is 4.67. The summed E-state index contributed by atoms with van der Waals surface area (Å²) in [5.41, 5.74) is -1.61. The quantitative estimate of drug-likeness (QED) is 0.368. The van der Waals surface area contributed by atoms with Crippen molar-refractivity contribution in [1.82, 2.24) is 4.72 Å². The van der Waals surface area contributed by atoms with E-state index in [1.54, 1.807) is 0 Å². The average Bonchev–Trinajstić information content (AvgIpc) is 2.14. The molecule has 0 aliphatic carbocycles. The molecule has 4 N–H and O–H groups in total. The van der Waals surface area contributed by atoms with Crippen LogP contribution in [0.5, 0.6) is 0 Å². The van der Waals surface area contributed by atoms with Gasteiger partial charge in [-0.15, -0.1) is 6.58 Å². The molecule has 0 atom stereocenters. The minimum Gasteiger partial charge on any atom is -0.394 e. The number of aliphatic hydroxyl groups is 3. The second kappa shape index (κ2) is 5.42. The summed E-state index contributed by atoms with van der Waals surface area (Å²) in [6.07, 6.45) is 1.17. The van der Waals surface area contributed by atoms with Crippen molar-refractivity contribution in [2.75, 3.05) is 25.6 Å². The van der Waals surface area contributed by atoms with Crippen LogP contribution in [0.25, 0.3) is 0 Å². The Kier molecular flexibility index (Phi) is 5.24. The highest BCUT2D eigenvalue weighted by molar-refractivity contribution is 7.89. The first-order chi connectivity index (χ1) is 6.45. The van der Waals surface area contributed by atoms with Crippen LogP contribution < -0.4 is 4.72 Å². The van der Waals surface area contributed by atoms with Crippen molar-refractivity contribution in [2.24, 2.45) is 0 Å². The Bertz CT molecular complexity index is 262. The van der Waals surface area contributed by atoms with Gasteiger partial charge in [0.25, 0.3) is 0 Å². The predicted octanol–water partition coefficient (Wildman–Crippen LogP) is -2.19. The molecular weight excluding hydrogens is 210 g/mol. The van der Waals surface area contributed by atoms with Gasteiger partial charge in [-0.05, 0) is 0 Å². The molecule has 0 saturated heterocycles. The van der Waals surface area contributed by atoms with Crippen LogP contribution in [-0.2, 0) is 10.0 Å². The molecule has 0 aromatic rings. The van der Waals surface area contributed by atoms with Crippen molar-refractivity contribution < 1.29 is 23.7 Å². The normalized spacial score (nSPS) is 12.8. The van der Waals surface area contributed by atoms with E-state index in [0.717, 1.165) is 0 Å². The Morgan fingerprint density at radius 2 is 1.64 bits per heavy atom. The first-order valence-electron chi connectivity index (χ1n) is 3.90. The maximum Gasteiger partial charge on any atom is 0.215 e. The molecule has 0 aliphatic heterocycles. The predicted molar refractivity (Wildman–Crippen MR) is 51.1 cm³/mol. The summed E-state index contributed by atoms with van der Waals surface area (Å²) in [4.78, 5) is 0. The molecule has 0 spiro atoms. The van der Waals surface area contributed by atoms with Crippen molar-refractivity contribution in [1.29, 1.82) is 0 Å². The molecule has 0 amide bonds. The molecule has 0 aromatic carbocycles. The molecule has 0 aliphatic rings. The second-order valence-corrected chi connectivity index (χ2v) is 4.69. The number of nitrogens with one attached hydrogen (secondary N) is 1. The zero-order valence-electron chi connectivity index (χ0n) is 7.68. The van der Waals surface area contributed by atoms with E-state index in [4.69, 9.17) is 15.3 Å². The van der Waals surface area contributed by atoms with Crippen LogP contribution in [0.1, 0.15) is 0 Å². The van der Waals surface area contributed by atoms with Crippen LogP contribution in [0.2, 0.25) is 0 Å². The molecule has 0 heterocycles. The van der Waals surface area contributed by atoms with Crippen molar-refractivity contribution in [2.45, 2.75) is 5.54 Å². The van der Waals surface area contributed by atoms with Gasteiger partial charge in [0.2, 0.25) is 10.0 Å². The third-order valence-electron chi connectivity index (χ3n) is 1.62. The molecular formula is C7H15NO5S. The summed E-state index contributed by atoms with van der Waals surface area (Å²) in [6.45, 7) is 1.19. The molecule has 0 unspecified atom stereocenters. The van der Waals surface area contributed by atoms with Crippen molar-refractivity contribution in [3.8, 4) is 0 Å². The summed E-state index contributed by atoms with van der Waals surface area (Å²) in [7, 11) is -3.67. The topological polar surface area (TPSA) is 107 Å². The van der Waals surface area contributed by atoms with E-state index in [1.807, 2.05) is 4.72 Å². The summed E-state index contributed by atoms with van der Waals surface area (Å²) < 4.78 is 24.4. The highest BCUT2D eigenvalue weighted by Gasteiger charge is 2.32. The lowest BCUT2D eigenvalue weighted by molar-refractivity contribution is 0.0582. The first-order valence-corrected chi connectivity index (χ1v) is 5.55. The van der Waals surface area contributed by atoms with Crippen molar-refractivity contribution >= 4 is 10.0 Å². The lowest BCUT2D eigenvalue weighted by atomic mass is 10.1. The summed E-state index contributed by atoms with van der Waals surface area (Å²) >= 11 is 0. The van der Waals surface area contributed by atoms with Crippen LogP contribution in [0.15, 0.2) is 12.7 Å². The summed E-state index contributed by atoms with van der Waals surface area (Å²) in [5, 5.41) is 26.5. The average molecular weight is 225 g/mol. The molecule has 7 heteroatoms. The summed E-state index contributed by atoms with van der Waals surface area (Å²) in [5.74, 6) is -0.339. The molecule has 0 saturated carbocycles. The van der Waals surface area contributed by atoms with Gasteiger partial charge in [0, 0.05) is 0 Å². The first kappa shape index (κ1) is 13.5. The molecule has 6 nitrogen and oxygen atoms in total. The van der Waals surface area contributed by atoms with E-state index in [1.165, 1.54) is 6.08 Å². The molecule has 0 radical (unpaired) electrons. The lowest BCUT2D eigenvalue weighted by Crippen LogP contribution is -2.57. The third kappa shape index (κ3) is 3.72. The van der Waals surface area contributed by atoms with Gasteiger partial charge in [-0.3, -0.25) is 0 Å². The van der Waals surface area contributed by atoms with Gasteiger partial charge in [0.15, 0.2) is 0 Å². The number of hydrogen-bond acceptors (Lipinski definition) is 5. The lowest BCUT2D eigenvalue weighted by Gasteiger charge is -2.27. The third-order valence-corrected chi connectivity index (χ3v) is 3.04. The maximum absolute atomic E-state index is 11.2. The number of rotatable bonds is 7. The van der Waals surface area contributed by atoms with Gasteiger partial charge in [-0.2, -0.15) is 0 Å². The summed E-state index contributed by atoms with van der Waals surface area (Å²) in [6, 6.07) is 0. The molecule has 0 bridgehead atoms. The molecule has 84 valence electrons. The smallest absolute Gasteiger partial charge is 0.215 e. The Morgan fingerprint density at radius 3 is 1.93 bits per heavy atom. The van der Waals surface area contributed by atoms with E-state index < -0.39 is 35.4 Å². The van der Waals surface area contributed by atoms with Gasteiger partial charge in [0.05, 0.1) is 25.6 Å². The van der Waals surface area contributed by atoms with E-state index in [0.29, 0.717) is 0 Å². The van der Waals surface area contributed by atoms with E-state index >= 15 is 0 Å². The zero-order valence-corrected chi connectivity index (χ0v) is 8.50. The standard InChI is InChI=1S/C7H15NO5S/c1-2-3-14(12,13)8-7(4-9,5-10)6-11/h2,8-11H,1,3-6H2. The van der Waals surface area contributed by atoms with Gasteiger partial charge in [-0.1, -0.05) is 6.08 Å². The van der Waals surface area contributed by atoms with E-state index in [-0.39, 0.29) is 5.75 Å². The van der Waals surface area contributed by atoms with Crippen molar-refractivity contribution in [3.05, 3.63) is 12.7 Å². The number of hydrogen-bond donors (Lipinski definition) is 4. The van der Waals surface area contributed by atoms with Gasteiger partial charge in [-0.25, -0.2) is 13.1 Å². The molecule has 0 fully saturated rings. The molecule has 14 heavy (non-hydrogen) atoms. The van der Waals surface area contributed by atoms with Crippen LogP contribution in [0.4, 0.5) is 0 Å². The highest BCUT2D eigenvalue weighted by atomic mass is 32.2. The van der Waals surface area contributed by atoms with Crippen LogP contribution in [-0.4, -0.2) is 54.8 Å². The second-order valence-electron chi connectivity index (χ2n) is 2.93. The number of aliphatic hydroxyl groups excluding tert-OH is 3. The minimum absolute atomic E-state index is 0.339. The number of sulfonamides is 1. The Hall–Kier alpha value is -0.470. The molecule has 0 rings (SSSR count). The van der Waals surface area contributed by atoms with E-state index in [2.05, 4.69) is 6.58 Å². The highest BCUT2D eigenvalue weighted by Crippen LogP contribution is 2.04. The largest absolute Gasteiger partial charge is 0.394 e. The van der Waals surface area contributed by atoms with Gasteiger partial charge >= 0.3 is 0 Å².